The molecule has 2 aromatic rings. The van der Waals surface area contributed by atoms with Gasteiger partial charge in [-0.25, -0.2) is 0 Å². The number of carbonyl (C=O) groups is 2. The molecule has 102 valence electrons. The molecule has 0 aromatic heterocycles. The fourth-order valence-corrected chi connectivity index (χ4v) is 2.94. The first kappa shape index (κ1) is 15.4. The summed E-state index contributed by atoms with van der Waals surface area (Å²) < 4.78 is 0. The zero-order valence-electron chi connectivity index (χ0n) is 10.0. The second-order valence-corrected chi connectivity index (χ2v) is 6.65. The van der Waals surface area contributed by atoms with Crippen molar-refractivity contribution >= 4 is 57.0 Å². The van der Waals surface area contributed by atoms with E-state index in [0.29, 0.717) is 19.8 Å². The lowest BCUT2D eigenvalue weighted by Crippen LogP contribution is -2.04. The summed E-state index contributed by atoms with van der Waals surface area (Å²) in [7, 11) is 0. The number of hydrogen-bond acceptors (Lipinski definition) is 4. The summed E-state index contributed by atoms with van der Waals surface area (Å²) >= 11 is 13.3. The zero-order chi connectivity index (χ0) is 14.5. The minimum atomic E-state index is -0.521. The lowest BCUT2D eigenvalue weighted by Gasteiger charge is -2.01. The molecule has 0 amide bonds. The molecule has 0 aliphatic carbocycles. The third-order valence-corrected chi connectivity index (χ3v) is 4.61. The molecule has 0 aliphatic heterocycles. The third kappa shape index (κ3) is 4.56. The molecule has 0 bridgehead atoms. The van der Waals surface area contributed by atoms with E-state index in [1.54, 1.807) is 48.5 Å². The van der Waals surface area contributed by atoms with Crippen molar-refractivity contribution in [3.8, 4) is 0 Å². The molecule has 2 aromatic carbocycles. The molecule has 0 heterocycles. The second-order valence-electron chi connectivity index (χ2n) is 3.69. The quantitative estimate of drug-likeness (QED) is 0.572. The Bertz CT molecular complexity index is 567. The highest BCUT2D eigenvalue weighted by Gasteiger charge is 2.17. The molecule has 6 heteroatoms. The van der Waals surface area contributed by atoms with Crippen molar-refractivity contribution in [2.45, 2.75) is 9.79 Å². The second kappa shape index (κ2) is 7.18. The molecular weight excluding hydrogens is 335 g/mol. The normalized spacial score (nSPS) is 10.3. The summed E-state index contributed by atoms with van der Waals surface area (Å²) in [6, 6.07) is 13.5. The third-order valence-electron chi connectivity index (χ3n) is 2.22. The molecule has 0 saturated heterocycles. The van der Waals surface area contributed by atoms with Crippen LogP contribution in [0.4, 0.5) is 0 Å². The first-order valence-corrected chi connectivity index (χ1v) is 7.88. The van der Waals surface area contributed by atoms with Gasteiger partial charge >= 0.3 is 0 Å². The van der Waals surface area contributed by atoms with E-state index < -0.39 is 10.2 Å². The summed E-state index contributed by atoms with van der Waals surface area (Å²) in [6.45, 7) is 0. The topological polar surface area (TPSA) is 34.1 Å². The van der Waals surface area contributed by atoms with Gasteiger partial charge in [0.15, 0.2) is 0 Å². The van der Waals surface area contributed by atoms with Gasteiger partial charge in [-0.15, -0.1) is 0 Å². The Kier molecular flexibility index (Phi) is 5.54. The van der Waals surface area contributed by atoms with Crippen LogP contribution in [0, 0.1) is 0 Å². The smallest absolute Gasteiger partial charge is 0.271 e. The highest BCUT2D eigenvalue weighted by molar-refractivity contribution is 8.24. The summed E-state index contributed by atoms with van der Waals surface area (Å²) in [5, 5.41) is 0.131. The molecule has 20 heavy (non-hydrogen) atoms. The van der Waals surface area contributed by atoms with Crippen LogP contribution in [0.25, 0.3) is 0 Å². The average Bonchev–Trinajstić information content (AvgIpc) is 2.44. The van der Waals surface area contributed by atoms with Crippen LogP contribution in [0.5, 0.6) is 0 Å². The molecule has 0 saturated carbocycles. The van der Waals surface area contributed by atoms with Crippen molar-refractivity contribution in [1.29, 1.82) is 0 Å². The van der Waals surface area contributed by atoms with Gasteiger partial charge in [0.1, 0.15) is 0 Å². The van der Waals surface area contributed by atoms with Gasteiger partial charge in [-0.05, 0) is 72.1 Å². The Hall–Kier alpha value is -0.940. The molecule has 0 radical (unpaired) electrons. The maximum Gasteiger partial charge on any atom is 0.271 e. The van der Waals surface area contributed by atoms with Crippen molar-refractivity contribution in [3.05, 3.63) is 58.6 Å². The van der Waals surface area contributed by atoms with Gasteiger partial charge in [0.2, 0.25) is 0 Å². The van der Waals surface area contributed by atoms with E-state index in [-0.39, 0.29) is 0 Å². The fourth-order valence-electron chi connectivity index (χ4n) is 1.30. The number of rotatable bonds is 2. The largest absolute Gasteiger partial charge is 0.277 e. The average molecular weight is 343 g/mol. The van der Waals surface area contributed by atoms with Gasteiger partial charge in [-0.3, -0.25) is 9.59 Å². The summed E-state index contributed by atoms with van der Waals surface area (Å²) in [6.07, 6.45) is 0. The predicted octanol–water partition coefficient (Wildman–Crippen LogP) is 4.93. The Morgan fingerprint density at radius 1 is 0.650 bits per heavy atom. The number of carbonyl (C=O) groups excluding carboxylic acids is 2. The molecule has 0 atom stereocenters. The number of thioether (sulfide) groups is 2. The van der Waals surface area contributed by atoms with Gasteiger partial charge < -0.3 is 0 Å². The minimum Gasteiger partial charge on any atom is -0.277 e. The van der Waals surface area contributed by atoms with Crippen LogP contribution in [0.15, 0.2) is 58.3 Å². The highest BCUT2D eigenvalue weighted by atomic mass is 35.5. The minimum absolute atomic E-state index is 0.521. The fraction of sp³-hybridized carbons (Fsp3) is 0. The van der Waals surface area contributed by atoms with Gasteiger partial charge in [0.05, 0.1) is 0 Å². The van der Waals surface area contributed by atoms with Crippen molar-refractivity contribution in [1.82, 2.24) is 0 Å². The molecule has 0 fully saturated rings. The van der Waals surface area contributed by atoms with E-state index in [9.17, 15) is 9.59 Å². The van der Waals surface area contributed by atoms with Crippen molar-refractivity contribution in [2.24, 2.45) is 0 Å². The molecule has 2 nitrogen and oxygen atoms in total. The summed E-state index contributed by atoms with van der Waals surface area (Å²) in [5.74, 6) is 0. The summed E-state index contributed by atoms with van der Waals surface area (Å²) in [5.41, 5.74) is 0. The van der Waals surface area contributed by atoms with Crippen LogP contribution in [0.3, 0.4) is 0 Å². The van der Waals surface area contributed by atoms with Crippen LogP contribution in [0.2, 0.25) is 10.0 Å². The molecule has 0 spiro atoms. The van der Waals surface area contributed by atoms with Crippen LogP contribution in [-0.4, -0.2) is 10.2 Å². The first-order chi connectivity index (χ1) is 9.54. The number of benzene rings is 2. The standard InChI is InChI=1S/C14H8Cl2O2S2/c15-9-1-5-11(6-2-9)19-13(17)14(18)20-12-7-3-10(16)4-8-12/h1-8H. The van der Waals surface area contributed by atoms with E-state index in [2.05, 4.69) is 0 Å². The van der Waals surface area contributed by atoms with E-state index in [4.69, 9.17) is 23.2 Å². The monoisotopic (exact) mass is 342 g/mol. The maximum absolute atomic E-state index is 11.8. The van der Waals surface area contributed by atoms with E-state index in [1.807, 2.05) is 0 Å². The Morgan fingerprint density at radius 2 is 0.950 bits per heavy atom. The lowest BCUT2D eigenvalue weighted by atomic mass is 10.4. The highest BCUT2D eigenvalue weighted by Crippen LogP contribution is 2.27. The Balaban J connectivity index is 1.96. The van der Waals surface area contributed by atoms with Gasteiger partial charge in [-0.2, -0.15) is 0 Å². The molecule has 0 N–H and O–H groups in total. The Morgan fingerprint density at radius 3 is 1.25 bits per heavy atom. The molecule has 2 rings (SSSR count). The molecular formula is C14H8Cl2O2S2. The van der Waals surface area contributed by atoms with Gasteiger partial charge in [0, 0.05) is 19.8 Å². The van der Waals surface area contributed by atoms with E-state index in [1.165, 1.54) is 0 Å². The number of hydrogen-bond donors (Lipinski definition) is 0. The van der Waals surface area contributed by atoms with Crippen LogP contribution in [-0.2, 0) is 9.59 Å². The van der Waals surface area contributed by atoms with Crippen molar-refractivity contribution in [3.63, 3.8) is 0 Å². The molecule has 0 aliphatic rings. The van der Waals surface area contributed by atoms with E-state index >= 15 is 0 Å². The molecule has 0 unspecified atom stereocenters. The predicted molar refractivity (Wildman–Crippen MR) is 84.6 cm³/mol. The number of halogens is 2. The first-order valence-electron chi connectivity index (χ1n) is 5.50. The van der Waals surface area contributed by atoms with Crippen LogP contribution < -0.4 is 0 Å². The van der Waals surface area contributed by atoms with Crippen molar-refractivity contribution < 1.29 is 9.59 Å². The van der Waals surface area contributed by atoms with Gasteiger partial charge in [-0.1, -0.05) is 23.2 Å². The van der Waals surface area contributed by atoms with Crippen LogP contribution >= 0.6 is 46.7 Å². The maximum atomic E-state index is 11.8. The van der Waals surface area contributed by atoms with Gasteiger partial charge in [0.25, 0.3) is 10.2 Å². The summed E-state index contributed by atoms with van der Waals surface area (Å²) in [4.78, 5) is 25.0. The Labute approximate surface area is 134 Å². The SMILES string of the molecule is O=C(Sc1ccc(Cl)cc1)C(=O)Sc1ccc(Cl)cc1. The van der Waals surface area contributed by atoms with Crippen molar-refractivity contribution in [2.75, 3.05) is 0 Å². The van der Waals surface area contributed by atoms with E-state index in [0.717, 1.165) is 23.5 Å². The van der Waals surface area contributed by atoms with Crippen LogP contribution in [0.1, 0.15) is 0 Å². The lowest BCUT2D eigenvalue weighted by molar-refractivity contribution is -0.126. The zero-order valence-corrected chi connectivity index (χ0v) is 13.2.